The average molecular weight is 448 g/mol. The van der Waals surface area contributed by atoms with Crippen molar-refractivity contribution in [1.29, 1.82) is 0 Å². The van der Waals surface area contributed by atoms with Gasteiger partial charge in [0.15, 0.2) is 0 Å². The van der Waals surface area contributed by atoms with Crippen LogP contribution >= 0.6 is 0 Å². The van der Waals surface area contributed by atoms with Crippen molar-refractivity contribution in [3.63, 3.8) is 0 Å². The molecule has 1 amide bonds. The van der Waals surface area contributed by atoms with Crippen molar-refractivity contribution in [2.45, 2.75) is 62.9 Å². The van der Waals surface area contributed by atoms with E-state index in [1.54, 1.807) is 12.1 Å². The highest BCUT2D eigenvalue weighted by atomic mass is 19.1. The molecule has 178 valence electrons. The lowest BCUT2D eigenvalue weighted by molar-refractivity contribution is -0.133. The zero-order chi connectivity index (χ0) is 22.2. The van der Waals surface area contributed by atoms with Crippen LogP contribution < -0.4 is 10.1 Å². The molecule has 1 atom stereocenters. The van der Waals surface area contributed by atoms with Crippen molar-refractivity contribution in [2.75, 3.05) is 52.5 Å². The number of halogens is 1. The molecular weight excluding hydrogens is 409 g/mol. The third kappa shape index (κ3) is 6.00. The number of hydrogen-bond acceptors (Lipinski definition) is 5. The summed E-state index contributed by atoms with van der Waals surface area (Å²) in [7, 11) is 0. The van der Waals surface area contributed by atoms with E-state index in [1.165, 1.54) is 44.2 Å². The van der Waals surface area contributed by atoms with Crippen LogP contribution in [0.3, 0.4) is 0 Å². The quantitative estimate of drug-likeness (QED) is 0.558. The molecule has 0 spiro atoms. The molecule has 7 heteroatoms. The first-order valence-corrected chi connectivity index (χ1v) is 12.4. The van der Waals surface area contributed by atoms with Gasteiger partial charge < -0.3 is 19.7 Å². The van der Waals surface area contributed by atoms with Gasteiger partial charge in [-0.2, -0.15) is 0 Å². The topological polar surface area (TPSA) is 54.0 Å². The number of morpholine rings is 1. The third-order valence-electron chi connectivity index (χ3n) is 7.40. The minimum atomic E-state index is -0.255. The van der Waals surface area contributed by atoms with E-state index in [1.807, 2.05) is 0 Å². The normalized spacial score (nSPS) is 24.1. The summed E-state index contributed by atoms with van der Waals surface area (Å²) >= 11 is 0. The highest BCUT2D eigenvalue weighted by Gasteiger charge is 2.43. The molecule has 1 aliphatic carbocycles. The van der Waals surface area contributed by atoms with Gasteiger partial charge in [0.05, 0.1) is 13.2 Å². The lowest BCUT2D eigenvalue weighted by Gasteiger charge is -2.50. The lowest BCUT2D eigenvalue weighted by Crippen LogP contribution is -2.60. The monoisotopic (exact) mass is 447 g/mol. The molecule has 2 saturated heterocycles. The Labute approximate surface area is 191 Å². The molecule has 0 bridgehead atoms. The predicted octanol–water partition coefficient (Wildman–Crippen LogP) is 3.21. The number of amides is 1. The molecule has 32 heavy (non-hydrogen) atoms. The number of carbonyl (C=O) groups excluding carboxylic acids is 1. The molecular formula is C25H38FN3O3. The Balaban J connectivity index is 1.24. The number of hydrogen-bond donors (Lipinski definition) is 1. The van der Waals surface area contributed by atoms with E-state index >= 15 is 0 Å². The molecule has 3 fully saturated rings. The molecule has 2 heterocycles. The number of likely N-dealkylation sites (tertiary alicyclic amines) is 1. The second-order valence-electron chi connectivity index (χ2n) is 9.44. The molecule has 3 aliphatic rings. The number of carbonyl (C=O) groups is 1. The largest absolute Gasteiger partial charge is 0.492 e. The van der Waals surface area contributed by atoms with Gasteiger partial charge in [0.2, 0.25) is 5.91 Å². The molecule has 1 aromatic rings. The van der Waals surface area contributed by atoms with Gasteiger partial charge in [-0.3, -0.25) is 9.69 Å². The summed E-state index contributed by atoms with van der Waals surface area (Å²) in [5.74, 6) is 0.754. The van der Waals surface area contributed by atoms with E-state index in [9.17, 15) is 9.18 Å². The van der Waals surface area contributed by atoms with Crippen molar-refractivity contribution in [2.24, 2.45) is 0 Å². The zero-order valence-electron chi connectivity index (χ0n) is 19.2. The summed E-state index contributed by atoms with van der Waals surface area (Å²) in [5, 5.41) is 3.44. The number of rotatable bonds is 10. The fourth-order valence-electron chi connectivity index (χ4n) is 5.62. The Hall–Kier alpha value is -1.70. The Bertz CT molecular complexity index is 718. The summed E-state index contributed by atoms with van der Waals surface area (Å²) in [6, 6.07) is 6.43. The minimum absolute atomic E-state index is 0.136. The van der Waals surface area contributed by atoms with Gasteiger partial charge in [0, 0.05) is 44.2 Å². The molecule has 4 rings (SSSR count). The Morgan fingerprint density at radius 2 is 1.84 bits per heavy atom. The van der Waals surface area contributed by atoms with Crippen LogP contribution in [-0.2, 0) is 9.53 Å². The Morgan fingerprint density at radius 1 is 1.09 bits per heavy atom. The second kappa shape index (κ2) is 11.4. The zero-order valence-corrected chi connectivity index (χ0v) is 19.2. The fraction of sp³-hybridized carbons (Fsp3) is 0.720. The van der Waals surface area contributed by atoms with E-state index < -0.39 is 0 Å². The van der Waals surface area contributed by atoms with Crippen molar-refractivity contribution in [3.8, 4) is 5.75 Å². The van der Waals surface area contributed by atoms with Crippen molar-refractivity contribution in [1.82, 2.24) is 15.1 Å². The standard InChI is InChI=1S/C25H38FN3O3/c26-21-4-7-23(8-5-21)32-17-14-27-13-10-22-6-9-24(30)29(22)20-25(11-2-1-3-12-25)28-15-18-31-19-16-28/h4-5,7-8,22,27H,1-3,6,9-20H2/t22-/m1/s1. The summed E-state index contributed by atoms with van der Waals surface area (Å²) in [6.07, 6.45) is 8.85. The number of ether oxygens (including phenoxy) is 2. The van der Waals surface area contributed by atoms with Crippen LogP contribution in [0.4, 0.5) is 4.39 Å². The van der Waals surface area contributed by atoms with Gasteiger partial charge in [-0.1, -0.05) is 19.3 Å². The van der Waals surface area contributed by atoms with Gasteiger partial charge in [0.1, 0.15) is 18.2 Å². The highest BCUT2D eigenvalue weighted by Crippen LogP contribution is 2.37. The molecule has 6 nitrogen and oxygen atoms in total. The first kappa shape index (κ1) is 23.5. The van der Waals surface area contributed by atoms with Crippen LogP contribution in [0, 0.1) is 5.82 Å². The van der Waals surface area contributed by atoms with E-state index in [2.05, 4.69) is 15.1 Å². The summed E-state index contributed by atoms with van der Waals surface area (Å²) < 4.78 is 24.2. The predicted molar refractivity (Wildman–Crippen MR) is 122 cm³/mol. The minimum Gasteiger partial charge on any atom is -0.492 e. The van der Waals surface area contributed by atoms with Gasteiger partial charge >= 0.3 is 0 Å². The van der Waals surface area contributed by atoms with Crippen LogP contribution in [0.25, 0.3) is 0 Å². The molecule has 0 radical (unpaired) electrons. The van der Waals surface area contributed by atoms with E-state index in [-0.39, 0.29) is 11.4 Å². The maximum absolute atomic E-state index is 13.0. The Kier molecular flexibility index (Phi) is 8.38. The van der Waals surface area contributed by atoms with Gasteiger partial charge in [0.25, 0.3) is 0 Å². The van der Waals surface area contributed by atoms with Crippen LogP contribution in [0.1, 0.15) is 51.4 Å². The number of nitrogens with one attached hydrogen (secondary N) is 1. The molecule has 0 aromatic heterocycles. The number of nitrogens with zero attached hydrogens (tertiary/aromatic N) is 2. The first-order valence-electron chi connectivity index (χ1n) is 12.4. The summed E-state index contributed by atoms with van der Waals surface area (Å²) in [6.45, 7) is 6.61. The smallest absolute Gasteiger partial charge is 0.222 e. The van der Waals surface area contributed by atoms with Gasteiger partial charge in [-0.05, 0) is 56.5 Å². The highest BCUT2D eigenvalue weighted by molar-refractivity contribution is 5.78. The van der Waals surface area contributed by atoms with Gasteiger partial charge in [-0.15, -0.1) is 0 Å². The van der Waals surface area contributed by atoms with Crippen LogP contribution in [0.5, 0.6) is 5.75 Å². The number of benzene rings is 1. The van der Waals surface area contributed by atoms with E-state index in [4.69, 9.17) is 9.47 Å². The maximum atomic E-state index is 13.0. The van der Waals surface area contributed by atoms with Crippen molar-refractivity contribution < 1.29 is 18.7 Å². The lowest BCUT2D eigenvalue weighted by atomic mass is 9.79. The first-order chi connectivity index (χ1) is 15.7. The van der Waals surface area contributed by atoms with Crippen molar-refractivity contribution >= 4 is 5.91 Å². The molecule has 1 N–H and O–H groups in total. The van der Waals surface area contributed by atoms with E-state index in [0.717, 1.165) is 58.8 Å². The second-order valence-corrected chi connectivity index (χ2v) is 9.44. The molecule has 1 aromatic carbocycles. The average Bonchev–Trinajstić information content (AvgIpc) is 3.17. The maximum Gasteiger partial charge on any atom is 0.222 e. The van der Waals surface area contributed by atoms with Crippen molar-refractivity contribution in [3.05, 3.63) is 30.1 Å². The molecule has 2 aliphatic heterocycles. The van der Waals surface area contributed by atoms with Gasteiger partial charge in [-0.25, -0.2) is 4.39 Å². The molecule has 1 saturated carbocycles. The Morgan fingerprint density at radius 3 is 2.59 bits per heavy atom. The van der Waals surface area contributed by atoms with Crippen LogP contribution in [0.2, 0.25) is 0 Å². The van der Waals surface area contributed by atoms with E-state index in [0.29, 0.717) is 30.7 Å². The van der Waals surface area contributed by atoms with Crippen LogP contribution in [-0.4, -0.2) is 79.8 Å². The third-order valence-corrected chi connectivity index (χ3v) is 7.40. The molecule has 0 unspecified atom stereocenters. The van der Waals surface area contributed by atoms with Crippen LogP contribution in [0.15, 0.2) is 24.3 Å². The SMILES string of the molecule is O=C1CC[C@H](CCNCCOc2ccc(F)cc2)N1CC1(N2CCOCC2)CCCCC1. The summed E-state index contributed by atoms with van der Waals surface area (Å²) in [4.78, 5) is 17.6. The summed E-state index contributed by atoms with van der Waals surface area (Å²) in [5.41, 5.74) is 0.136. The fourth-order valence-corrected chi connectivity index (χ4v) is 5.62.